The Labute approximate surface area is 111 Å². The van der Waals surface area contributed by atoms with Crippen molar-refractivity contribution in [3.63, 3.8) is 0 Å². The second-order valence-corrected chi connectivity index (χ2v) is 4.59. The van der Waals surface area contributed by atoms with E-state index in [4.69, 9.17) is 10.8 Å². The molecule has 6 nitrogen and oxygen atoms in total. The molecule has 0 fully saturated rings. The number of hydrogen-bond donors (Lipinski definition) is 4. The Balaban J connectivity index is 1.86. The molecule has 1 aromatic rings. The third-order valence-electron chi connectivity index (χ3n) is 3.24. The van der Waals surface area contributed by atoms with Crippen LogP contribution in [0.1, 0.15) is 23.6 Å². The molecule has 0 spiro atoms. The zero-order chi connectivity index (χ0) is 13.8. The van der Waals surface area contributed by atoms with Crippen LogP contribution >= 0.6 is 0 Å². The van der Waals surface area contributed by atoms with Gasteiger partial charge in [0.2, 0.25) is 0 Å². The Hall–Kier alpha value is -2.08. The lowest BCUT2D eigenvalue weighted by molar-refractivity contribution is -0.138. The molecule has 5 N–H and O–H groups in total. The average molecular weight is 263 g/mol. The largest absolute Gasteiger partial charge is 0.480 e. The van der Waals surface area contributed by atoms with E-state index in [1.807, 2.05) is 18.2 Å². The van der Waals surface area contributed by atoms with E-state index in [9.17, 15) is 9.59 Å². The molecule has 1 aromatic carbocycles. The highest BCUT2D eigenvalue weighted by atomic mass is 16.4. The molecule has 19 heavy (non-hydrogen) atoms. The summed E-state index contributed by atoms with van der Waals surface area (Å²) >= 11 is 0. The normalized spacial score (nSPS) is 18.5. The highest BCUT2D eigenvalue weighted by Gasteiger charge is 2.23. The smallest absolute Gasteiger partial charge is 0.322 e. The third kappa shape index (κ3) is 3.23. The van der Waals surface area contributed by atoms with Gasteiger partial charge in [0.15, 0.2) is 0 Å². The van der Waals surface area contributed by atoms with E-state index < -0.39 is 18.0 Å². The van der Waals surface area contributed by atoms with Crippen LogP contribution in [0.2, 0.25) is 0 Å². The SMILES string of the molecule is NC(CNC(=O)N[C@@H]1CCc2ccccc21)C(=O)O. The minimum absolute atomic E-state index is 0.0164. The highest BCUT2D eigenvalue weighted by Crippen LogP contribution is 2.30. The van der Waals surface area contributed by atoms with Gasteiger partial charge in [0, 0.05) is 6.54 Å². The van der Waals surface area contributed by atoms with Crippen molar-refractivity contribution >= 4 is 12.0 Å². The van der Waals surface area contributed by atoms with Gasteiger partial charge in [-0.25, -0.2) is 4.79 Å². The average Bonchev–Trinajstić information content (AvgIpc) is 2.79. The summed E-state index contributed by atoms with van der Waals surface area (Å²) in [6.07, 6.45) is 1.80. The van der Waals surface area contributed by atoms with E-state index in [-0.39, 0.29) is 12.6 Å². The van der Waals surface area contributed by atoms with Crippen molar-refractivity contribution in [2.45, 2.75) is 24.9 Å². The summed E-state index contributed by atoms with van der Waals surface area (Å²) in [6, 6.07) is 6.48. The Bertz CT molecular complexity index is 490. The first-order chi connectivity index (χ1) is 9.08. The molecule has 2 amide bonds. The fourth-order valence-corrected chi connectivity index (χ4v) is 2.21. The summed E-state index contributed by atoms with van der Waals surface area (Å²) in [4.78, 5) is 22.2. The number of carboxylic acids is 1. The van der Waals surface area contributed by atoms with Crippen LogP contribution < -0.4 is 16.4 Å². The van der Waals surface area contributed by atoms with E-state index >= 15 is 0 Å². The van der Waals surface area contributed by atoms with Gasteiger partial charge in [-0.15, -0.1) is 0 Å². The number of rotatable bonds is 4. The van der Waals surface area contributed by atoms with Gasteiger partial charge >= 0.3 is 12.0 Å². The van der Waals surface area contributed by atoms with Gasteiger partial charge in [0.1, 0.15) is 6.04 Å². The molecule has 1 aliphatic carbocycles. The van der Waals surface area contributed by atoms with Crippen molar-refractivity contribution < 1.29 is 14.7 Å². The second kappa shape index (κ2) is 5.71. The van der Waals surface area contributed by atoms with Gasteiger partial charge < -0.3 is 21.5 Å². The highest BCUT2D eigenvalue weighted by molar-refractivity contribution is 5.77. The van der Waals surface area contributed by atoms with Crippen molar-refractivity contribution in [1.82, 2.24) is 10.6 Å². The molecule has 0 heterocycles. The summed E-state index contributed by atoms with van der Waals surface area (Å²) in [5, 5.41) is 13.9. The maximum atomic E-state index is 11.7. The molecule has 0 radical (unpaired) electrons. The van der Waals surface area contributed by atoms with Crippen LogP contribution in [0.25, 0.3) is 0 Å². The summed E-state index contributed by atoms with van der Waals surface area (Å²) in [6.45, 7) is -0.0878. The Morgan fingerprint density at radius 2 is 2.16 bits per heavy atom. The van der Waals surface area contributed by atoms with Gasteiger partial charge in [-0.2, -0.15) is 0 Å². The molecule has 1 unspecified atom stereocenters. The van der Waals surface area contributed by atoms with Crippen LogP contribution in [0, 0.1) is 0 Å². The molecule has 2 atom stereocenters. The topological polar surface area (TPSA) is 104 Å². The lowest BCUT2D eigenvalue weighted by atomic mass is 10.1. The van der Waals surface area contributed by atoms with E-state index in [0.717, 1.165) is 18.4 Å². The number of carbonyl (C=O) groups is 2. The number of aliphatic carboxylic acids is 1. The van der Waals surface area contributed by atoms with Crippen molar-refractivity contribution in [2.24, 2.45) is 5.73 Å². The fraction of sp³-hybridized carbons (Fsp3) is 0.385. The molecule has 102 valence electrons. The molecule has 0 saturated carbocycles. The minimum atomic E-state index is -1.13. The number of urea groups is 1. The summed E-state index contributed by atoms with van der Waals surface area (Å²) in [5.41, 5.74) is 7.68. The van der Waals surface area contributed by atoms with Crippen LogP contribution in [0.15, 0.2) is 24.3 Å². The number of aryl methyl sites for hydroxylation is 1. The van der Waals surface area contributed by atoms with Crippen LogP contribution in [0.3, 0.4) is 0 Å². The second-order valence-electron chi connectivity index (χ2n) is 4.59. The number of nitrogens with two attached hydrogens (primary N) is 1. The van der Waals surface area contributed by atoms with Gasteiger partial charge in [0.25, 0.3) is 0 Å². The quantitative estimate of drug-likeness (QED) is 0.630. The number of fused-ring (bicyclic) bond motifs is 1. The Morgan fingerprint density at radius 3 is 2.89 bits per heavy atom. The Kier molecular flexibility index (Phi) is 4.01. The predicted octanol–water partition coefficient (Wildman–Crippen LogP) is 0.385. The molecular weight excluding hydrogens is 246 g/mol. The minimum Gasteiger partial charge on any atom is -0.480 e. The monoisotopic (exact) mass is 263 g/mol. The lowest BCUT2D eigenvalue weighted by Crippen LogP contribution is -2.46. The van der Waals surface area contributed by atoms with E-state index in [2.05, 4.69) is 16.7 Å². The predicted molar refractivity (Wildman–Crippen MR) is 69.6 cm³/mol. The number of benzene rings is 1. The molecular formula is C13H17N3O3. The van der Waals surface area contributed by atoms with Crippen LogP contribution in [0.5, 0.6) is 0 Å². The van der Waals surface area contributed by atoms with Crippen LogP contribution in [0.4, 0.5) is 4.79 Å². The zero-order valence-corrected chi connectivity index (χ0v) is 10.4. The van der Waals surface area contributed by atoms with Gasteiger partial charge in [0.05, 0.1) is 6.04 Å². The molecule has 0 aromatic heterocycles. The van der Waals surface area contributed by atoms with Crippen LogP contribution in [-0.2, 0) is 11.2 Å². The molecule has 0 bridgehead atoms. The number of hydrogen-bond acceptors (Lipinski definition) is 3. The molecule has 0 aliphatic heterocycles. The van der Waals surface area contributed by atoms with Crippen LogP contribution in [-0.4, -0.2) is 29.7 Å². The van der Waals surface area contributed by atoms with Crippen molar-refractivity contribution in [3.8, 4) is 0 Å². The van der Waals surface area contributed by atoms with E-state index in [1.54, 1.807) is 0 Å². The van der Waals surface area contributed by atoms with Gasteiger partial charge in [-0.1, -0.05) is 24.3 Å². The standard InChI is InChI=1S/C13H17N3O3/c14-10(12(17)18)7-15-13(19)16-11-6-5-8-3-1-2-4-9(8)11/h1-4,10-11H,5-7,14H2,(H,17,18)(H2,15,16,19)/t10?,11-/m1/s1. The number of carboxylic acid groups (broad SMARTS) is 1. The molecule has 2 rings (SSSR count). The number of nitrogens with one attached hydrogen (secondary N) is 2. The van der Waals surface area contributed by atoms with Crippen molar-refractivity contribution in [2.75, 3.05) is 6.54 Å². The zero-order valence-electron chi connectivity index (χ0n) is 10.4. The summed E-state index contributed by atoms with van der Waals surface area (Å²) < 4.78 is 0. The van der Waals surface area contributed by atoms with E-state index in [0.29, 0.717) is 0 Å². The van der Waals surface area contributed by atoms with Gasteiger partial charge in [-0.05, 0) is 24.0 Å². The third-order valence-corrected chi connectivity index (χ3v) is 3.24. The summed E-state index contributed by atoms with van der Waals surface area (Å²) in [7, 11) is 0. The molecule has 0 saturated heterocycles. The first kappa shape index (κ1) is 13.4. The van der Waals surface area contributed by atoms with Crippen molar-refractivity contribution in [3.05, 3.63) is 35.4 Å². The number of amides is 2. The molecule has 1 aliphatic rings. The lowest BCUT2D eigenvalue weighted by Gasteiger charge is -2.15. The summed E-state index contributed by atoms with van der Waals surface area (Å²) in [5.74, 6) is -1.13. The van der Waals surface area contributed by atoms with Crippen molar-refractivity contribution in [1.29, 1.82) is 0 Å². The van der Waals surface area contributed by atoms with Gasteiger partial charge in [-0.3, -0.25) is 4.79 Å². The molecule has 6 heteroatoms. The first-order valence-electron chi connectivity index (χ1n) is 6.18. The first-order valence-corrected chi connectivity index (χ1v) is 6.18. The number of carbonyl (C=O) groups excluding carboxylic acids is 1. The Morgan fingerprint density at radius 1 is 1.42 bits per heavy atom. The maximum absolute atomic E-state index is 11.7. The maximum Gasteiger partial charge on any atom is 0.322 e. The fourth-order valence-electron chi connectivity index (χ4n) is 2.21. The van der Waals surface area contributed by atoms with E-state index in [1.165, 1.54) is 5.56 Å².